The van der Waals surface area contributed by atoms with Gasteiger partial charge in [-0.05, 0) is 7.05 Å². The molecule has 1 fully saturated rings. The van der Waals surface area contributed by atoms with E-state index in [1.54, 1.807) is 28.0 Å². The summed E-state index contributed by atoms with van der Waals surface area (Å²) in [5.41, 5.74) is -0.553. The van der Waals surface area contributed by atoms with Crippen LogP contribution >= 0.6 is 0 Å². The van der Waals surface area contributed by atoms with Crippen LogP contribution in [0.5, 0.6) is 0 Å². The van der Waals surface area contributed by atoms with Gasteiger partial charge in [-0.2, -0.15) is 0 Å². The maximum Gasteiger partial charge on any atom is 0.235 e. The van der Waals surface area contributed by atoms with Crippen molar-refractivity contribution < 1.29 is 14.3 Å². The van der Waals surface area contributed by atoms with E-state index in [0.29, 0.717) is 19.6 Å². The van der Waals surface area contributed by atoms with Crippen LogP contribution in [-0.2, 0) is 14.3 Å². The number of likely N-dealkylation sites (N-methyl/N-ethyl adjacent to an activating group) is 1. The predicted molar refractivity (Wildman–Crippen MR) is 59.8 cm³/mol. The van der Waals surface area contributed by atoms with Crippen LogP contribution in [0, 0.1) is 5.41 Å². The molecule has 5 heteroatoms. The largest absolute Gasteiger partial charge is 0.383 e. The van der Waals surface area contributed by atoms with Crippen molar-refractivity contribution >= 4 is 11.8 Å². The lowest BCUT2D eigenvalue weighted by Gasteiger charge is -2.23. The molecule has 0 saturated carbocycles. The van der Waals surface area contributed by atoms with Gasteiger partial charge in [0.2, 0.25) is 11.8 Å². The van der Waals surface area contributed by atoms with Crippen LogP contribution < -0.4 is 5.32 Å². The lowest BCUT2D eigenvalue weighted by Crippen LogP contribution is -2.45. The van der Waals surface area contributed by atoms with Gasteiger partial charge >= 0.3 is 0 Å². The molecule has 0 aromatic rings. The summed E-state index contributed by atoms with van der Waals surface area (Å²) >= 11 is 0. The molecule has 1 N–H and O–H groups in total. The second kappa shape index (κ2) is 4.93. The molecule has 0 aliphatic carbocycles. The van der Waals surface area contributed by atoms with E-state index in [-0.39, 0.29) is 17.9 Å². The molecule has 2 amide bonds. The maximum absolute atomic E-state index is 11.9. The molecule has 5 nitrogen and oxygen atoms in total. The molecule has 0 bridgehead atoms. The lowest BCUT2D eigenvalue weighted by atomic mass is 9.92. The first-order chi connectivity index (χ1) is 7.42. The normalized spacial score (nSPS) is 21.6. The first-order valence-corrected chi connectivity index (χ1v) is 5.43. The van der Waals surface area contributed by atoms with E-state index in [1.807, 2.05) is 0 Å². The third-order valence-electron chi connectivity index (χ3n) is 2.90. The molecule has 0 aromatic carbocycles. The Morgan fingerprint density at radius 3 is 2.50 bits per heavy atom. The van der Waals surface area contributed by atoms with E-state index < -0.39 is 5.41 Å². The molecule has 92 valence electrons. The molecule has 1 heterocycles. The van der Waals surface area contributed by atoms with Gasteiger partial charge in [-0.1, -0.05) is 13.8 Å². The molecule has 0 radical (unpaired) electrons. The van der Waals surface area contributed by atoms with Crippen LogP contribution in [0.3, 0.4) is 0 Å². The zero-order chi connectivity index (χ0) is 12.3. The molecule has 1 saturated heterocycles. The number of amides is 2. The molecule has 16 heavy (non-hydrogen) atoms. The molecule has 0 aromatic heterocycles. The van der Waals surface area contributed by atoms with Crippen molar-refractivity contribution in [2.45, 2.75) is 26.3 Å². The Kier molecular flexibility index (Phi) is 4.04. The Balaban J connectivity index is 2.67. The third kappa shape index (κ3) is 2.59. The Labute approximate surface area is 96.1 Å². The minimum Gasteiger partial charge on any atom is -0.383 e. The van der Waals surface area contributed by atoms with Gasteiger partial charge in [0, 0.05) is 26.1 Å². The number of hydrogen-bond acceptors (Lipinski definition) is 4. The second-order valence-electron chi connectivity index (χ2n) is 4.81. The van der Waals surface area contributed by atoms with Crippen molar-refractivity contribution in [3.05, 3.63) is 0 Å². The monoisotopic (exact) mass is 228 g/mol. The number of hydrogen-bond donors (Lipinski definition) is 1. The van der Waals surface area contributed by atoms with Gasteiger partial charge in [0.25, 0.3) is 0 Å². The van der Waals surface area contributed by atoms with Gasteiger partial charge in [0.1, 0.15) is 0 Å². The van der Waals surface area contributed by atoms with E-state index in [2.05, 4.69) is 5.32 Å². The summed E-state index contributed by atoms with van der Waals surface area (Å²) in [6.07, 6.45) is 0.301. The van der Waals surface area contributed by atoms with E-state index in [1.165, 1.54) is 4.90 Å². The standard InChI is InChI=1S/C11H20N2O3/c1-11(2)5-9(14)13(10(11)15)6-8(12-3)7-16-4/h8,12H,5-7H2,1-4H3. The Bertz CT molecular complexity index is 289. The van der Waals surface area contributed by atoms with Crippen molar-refractivity contribution in [1.82, 2.24) is 10.2 Å². The van der Waals surface area contributed by atoms with Crippen LogP contribution in [0.4, 0.5) is 0 Å². The highest BCUT2D eigenvalue weighted by atomic mass is 16.5. The number of imide groups is 1. The Hall–Kier alpha value is -0.940. The summed E-state index contributed by atoms with van der Waals surface area (Å²) in [6.45, 7) is 4.47. The summed E-state index contributed by atoms with van der Waals surface area (Å²) in [7, 11) is 3.39. The molecule has 0 spiro atoms. The van der Waals surface area contributed by atoms with Gasteiger partial charge in [0.05, 0.1) is 12.0 Å². The summed E-state index contributed by atoms with van der Waals surface area (Å²) in [4.78, 5) is 25.0. The van der Waals surface area contributed by atoms with E-state index in [0.717, 1.165) is 0 Å². The summed E-state index contributed by atoms with van der Waals surface area (Å²) in [6, 6.07) is -0.00759. The minimum absolute atomic E-state index is 0.00759. The average molecular weight is 228 g/mol. The summed E-state index contributed by atoms with van der Waals surface area (Å²) in [5.74, 6) is -0.180. The SMILES string of the molecule is CNC(COC)CN1C(=O)CC(C)(C)C1=O. The van der Waals surface area contributed by atoms with Crippen LogP contribution in [-0.4, -0.2) is 50.1 Å². The Morgan fingerprint density at radius 2 is 2.12 bits per heavy atom. The number of nitrogens with zero attached hydrogens (tertiary/aromatic N) is 1. The molecular weight excluding hydrogens is 208 g/mol. The lowest BCUT2D eigenvalue weighted by molar-refractivity contribution is -0.141. The van der Waals surface area contributed by atoms with E-state index >= 15 is 0 Å². The smallest absolute Gasteiger partial charge is 0.235 e. The fourth-order valence-corrected chi connectivity index (χ4v) is 1.86. The van der Waals surface area contributed by atoms with Crippen LogP contribution in [0.1, 0.15) is 20.3 Å². The molecule has 1 rings (SSSR count). The first kappa shape index (κ1) is 13.1. The zero-order valence-corrected chi connectivity index (χ0v) is 10.4. The first-order valence-electron chi connectivity index (χ1n) is 5.43. The van der Waals surface area contributed by atoms with Crippen LogP contribution in [0.25, 0.3) is 0 Å². The predicted octanol–water partition coefficient (Wildman–Crippen LogP) is 0.00590. The minimum atomic E-state index is -0.553. The number of carbonyl (C=O) groups is 2. The van der Waals surface area contributed by atoms with Gasteiger partial charge in [0.15, 0.2) is 0 Å². The highest BCUT2D eigenvalue weighted by Gasteiger charge is 2.45. The van der Waals surface area contributed by atoms with Gasteiger partial charge in [-0.15, -0.1) is 0 Å². The highest BCUT2D eigenvalue weighted by molar-refractivity contribution is 6.05. The number of ether oxygens (including phenoxy) is 1. The third-order valence-corrected chi connectivity index (χ3v) is 2.90. The van der Waals surface area contributed by atoms with Crippen LogP contribution in [0.2, 0.25) is 0 Å². The van der Waals surface area contributed by atoms with Gasteiger partial charge in [-0.3, -0.25) is 14.5 Å². The maximum atomic E-state index is 11.9. The van der Waals surface area contributed by atoms with Crippen molar-refractivity contribution in [3.63, 3.8) is 0 Å². The molecule has 1 unspecified atom stereocenters. The van der Waals surface area contributed by atoms with Crippen molar-refractivity contribution in [1.29, 1.82) is 0 Å². The number of nitrogens with one attached hydrogen (secondary N) is 1. The quantitative estimate of drug-likeness (QED) is 0.673. The second-order valence-corrected chi connectivity index (χ2v) is 4.81. The molecular formula is C11H20N2O3. The van der Waals surface area contributed by atoms with Crippen molar-refractivity contribution in [2.24, 2.45) is 5.41 Å². The average Bonchev–Trinajstić information content (AvgIpc) is 2.39. The van der Waals surface area contributed by atoms with E-state index in [9.17, 15) is 9.59 Å². The fourth-order valence-electron chi connectivity index (χ4n) is 1.86. The fraction of sp³-hybridized carbons (Fsp3) is 0.818. The number of methoxy groups -OCH3 is 1. The van der Waals surface area contributed by atoms with Crippen LogP contribution in [0.15, 0.2) is 0 Å². The number of likely N-dealkylation sites (tertiary alicyclic amines) is 1. The molecule has 1 aliphatic rings. The zero-order valence-electron chi connectivity index (χ0n) is 10.4. The van der Waals surface area contributed by atoms with Crippen molar-refractivity contribution in [3.8, 4) is 0 Å². The van der Waals surface area contributed by atoms with Gasteiger partial charge in [-0.25, -0.2) is 0 Å². The number of rotatable bonds is 5. The Morgan fingerprint density at radius 1 is 1.50 bits per heavy atom. The number of carbonyl (C=O) groups excluding carboxylic acids is 2. The van der Waals surface area contributed by atoms with Gasteiger partial charge < -0.3 is 10.1 Å². The molecule has 1 atom stereocenters. The van der Waals surface area contributed by atoms with Crippen molar-refractivity contribution in [2.75, 3.05) is 27.3 Å². The molecule has 1 aliphatic heterocycles. The van der Waals surface area contributed by atoms with E-state index in [4.69, 9.17) is 4.74 Å². The highest BCUT2D eigenvalue weighted by Crippen LogP contribution is 2.31. The topological polar surface area (TPSA) is 58.6 Å². The summed E-state index contributed by atoms with van der Waals surface area (Å²) < 4.78 is 5.02. The summed E-state index contributed by atoms with van der Waals surface area (Å²) in [5, 5.41) is 3.03.